The van der Waals surface area contributed by atoms with Crippen LogP contribution in [-0.2, 0) is 11.2 Å². The van der Waals surface area contributed by atoms with Gasteiger partial charge in [-0.15, -0.1) is 0 Å². The first-order valence-electron chi connectivity index (χ1n) is 6.54. The molecular weight excluding hydrogens is 250 g/mol. The molecule has 1 atom stereocenters. The van der Waals surface area contributed by atoms with E-state index in [4.69, 9.17) is 5.73 Å². The van der Waals surface area contributed by atoms with Gasteiger partial charge in [-0.3, -0.25) is 4.79 Å². The Morgan fingerprint density at radius 3 is 2.53 bits per heavy atom. The summed E-state index contributed by atoms with van der Waals surface area (Å²) < 4.78 is 26.0. The number of hydrogen-bond donors (Lipinski definition) is 1. The largest absolute Gasteiger partial charge is 0.342 e. The molecule has 19 heavy (non-hydrogen) atoms. The Bertz CT molecular complexity index is 459. The van der Waals surface area contributed by atoms with Gasteiger partial charge in [0.05, 0.1) is 5.92 Å². The first-order chi connectivity index (χ1) is 9.11. The normalized spacial score (nSPS) is 16.7. The highest BCUT2D eigenvalue weighted by Gasteiger charge is 2.25. The number of benzene rings is 1. The Kier molecular flexibility index (Phi) is 4.47. The summed E-state index contributed by atoms with van der Waals surface area (Å²) in [6, 6.07) is 3.71. The summed E-state index contributed by atoms with van der Waals surface area (Å²) in [5, 5.41) is 0. The number of nitrogens with zero attached hydrogens (tertiary/aromatic N) is 1. The van der Waals surface area contributed by atoms with Gasteiger partial charge in [0.2, 0.25) is 5.91 Å². The van der Waals surface area contributed by atoms with Crippen LogP contribution in [0.5, 0.6) is 0 Å². The molecule has 0 aliphatic carbocycles. The Hall–Kier alpha value is -1.49. The van der Waals surface area contributed by atoms with E-state index in [1.807, 2.05) is 0 Å². The lowest BCUT2D eigenvalue weighted by Crippen LogP contribution is -2.38. The number of halogens is 2. The SMILES string of the molecule is NCC(Cc1ccc(F)c(F)c1)C(=O)N1CCCC1. The molecule has 1 unspecified atom stereocenters. The van der Waals surface area contributed by atoms with E-state index in [0.29, 0.717) is 12.0 Å². The summed E-state index contributed by atoms with van der Waals surface area (Å²) in [7, 11) is 0. The molecule has 1 aliphatic heterocycles. The molecule has 0 radical (unpaired) electrons. The lowest BCUT2D eigenvalue weighted by molar-refractivity contribution is -0.134. The van der Waals surface area contributed by atoms with Crippen molar-refractivity contribution >= 4 is 5.91 Å². The van der Waals surface area contributed by atoms with Crippen molar-refractivity contribution in [2.24, 2.45) is 11.7 Å². The highest BCUT2D eigenvalue weighted by molar-refractivity contribution is 5.79. The highest BCUT2D eigenvalue weighted by Crippen LogP contribution is 2.17. The van der Waals surface area contributed by atoms with E-state index in [1.165, 1.54) is 6.07 Å². The summed E-state index contributed by atoms with van der Waals surface area (Å²) in [4.78, 5) is 14.0. The Morgan fingerprint density at radius 2 is 1.95 bits per heavy atom. The maximum Gasteiger partial charge on any atom is 0.227 e. The fraction of sp³-hybridized carbons (Fsp3) is 0.500. The van der Waals surface area contributed by atoms with Crippen molar-refractivity contribution in [1.82, 2.24) is 4.90 Å². The summed E-state index contributed by atoms with van der Waals surface area (Å²) in [5.74, 6) is -2.10. The standard InChI is InChI=1S/C14H18F2N2O/c15-12-4-3-10(8-13(12)16)7-11(9-17)14(19)18-5-1-2-6-18/h3-4,8,11H,1-2,5-7,9,17H2. The monoisotopic (exact) mass is 268 g/mol. The van der Waals surface area contributed by atoms with E-state index < -0.39 is 11.6 Å². The number of likely N-dealkylation sites (tertiary alicyclic amines) is 1. The molecule has 1 heterocycles. The summed E-state index contributed by atoms with van der Waals surface area (Å²) in [5.41, 5.74) is 6.24. The molecule has 104 valence electrons. The predicted octanol–water partition coefficient (Wildman–Crippen LogP) is 1.70. The number of carbonyl (C=O) groups is 1. The van der Waals surface area contributed by atoms with Gasteiger partial charge in [-0.25, -0.2) is 8.78 Å². The zero-order chi connectivity index (χ0) is 13.8. The van der Waals surface area contributed by atoms with Crippen LogP contribution in [0, 0.1) is 17.6 Å². The number of rotatable bonds is 4. The van der Waals surface area contributed by atoms with Crippen molar-refractivity contribution in [1.29, 1.82) is 0 Å². The molecule has 3 nitrogen and oxygen atoms in total. The number of nitrogens with two attached hydrogens (primary N) is 1. The van der Waals surface area contributed by atoms with E-state index in [0.717, 1.165) is 38.1 Å². The third-order valence-corrected chi connectivity index (χ3v) is 3.52. The third-order valence-electron chi connectivity index (χ3n) is 3.52. The molecular formula is C14H18F2N2O. The van der Waals surface area contributed by atoms with Gasteiger partial charge in [0, 0.05) is 19.6 Å². The maximum absolute atomic E-state index is 13.1. The lowest BCUT2D eigenvalue weighted by Gasteiger charge is -2.22. The Morgan fingerprint density at radius 1 is 1.26 bits per heavy atom. The first-order valence-corrected chi connectivity index (χ1v) is 6.54. The molecule has 2 rings (SSSR count). The van der Waals surface area contributed by atoms with Crippen LogP contribution in [0.2, 0.25) is 0 Å². The highest BCUT2D eigenvalue weighted by atomic mass is 19.2. The third kappa shape index (κ3) is 3.29. The molecule has 5 heteroatoms. The zero-order valence-electron chi connectivity index (χ0n) is 10.7. The van der Waals surface area contributed by atoms with Crippen molar-refractivity contribution in [2.75, 3.05) is 19.6 Å². The van der Waals surface area contributed by atoms with Gasteiger partial charge in [-0.1, -0.05) is 6.07 Å². The number of hydrogen-bond acceptors (Lipinski definition) is 2. The average Bonchev–Trinajstić information content (AvgIpc) is 2.93. The smallest absolute Gasteiger partial charge is 0.227 e. The summed E-state index contributed by atoms with van der Waals surface area (Å²) in [6.45, 7) is 1.76. The van der Waals surface area contributed by atoms with Crippen LogP contribution >= 0.6 is 0 Å². The van der Waals surface area contributed by atoms with E-state index in [-0.39, 0.29) is 18.4 Å². The van der Waals surface area contributed by atoms with Gasteiger partial charge in [-0.05, 0) is 37.0 Å². The van der Waals surface area contributed by atoms with Gasteiger partial charge in [-0.2, -0.15) is 0 Å². The first kappa shape index (κ1) is 13.9. The van der Waals surface area contributed by atoms with Gasteiger partial charge >= 0.3 is 0 Å². The topological polar surface area (TPSA) is 46.3 Å². The molecule has 1 aromatic rings. The van der Waals surface area contributed by atoms with E-state index in [9.17, 15) is 13.6 Å². The van der Waals surface area contributed by atoms with Crippen molar-refractivity contribution < 1.29 is 13.6 Å². The van der Waals surface area contributed by atoms with Crippen LogP contribution in [0.1, 0.15) is 18.4 Å². The molecule has 2 N–H and O–H groups in total. The van der Waals surface area contributed by atoms with Crippen LogP contribution in [0.15, 0.2) is 18.2 Å². The summed E-state index contributed by atoms with van der Waals surface area (Å²) in [6.07, 6.45) is 2.39. The molecule has 1 saturated heterocycles. The Labute approximate surface area is 111 Å². The van der Waals surface area contributed by atoms with Crippen LogP contribution in [0.4, 0.5) is 8.78 Å². The van der Waals surface area contributed by atoms with E-state index >= 15 is 0 Å². The zero-order valence-corrected chi connectivity index (χ0v) is 10.7. The van der Waals surface area contributed by atoms with Crippen molar-refractivity contribution in [3.8, 4) is 0 Å². The van der Waals surface area contributed by atoms with Crippen LogP contribution in [-0.4, -0.2) is 30.4 Å². The minimum atomic E-state index is -0.887. The fourth-order valence-electron chi connectivity index (χ4n) is 2.42. The van der Waals surface area contributed by atoms with Gasteiger partial charge in [0.15, 0.2) is 11.6 Å². The molecule has 0 bridgehead atoms. The Balaban J connectivity index is 2.05. The number of amides is 1. The molecule has 0 aromatic heterocycles. The molecule has 1 aliphatic rings. The van der Waals surface area contributed by atoms with Crippen molar-refractivity contribution in [3.05, 3.63) is 35.4 Å². The van der Waals surface area contributed by atoms with Crippen molar-refractivity contribution in [3.63, 3.8) is 0 Å². The van der Waals surface area contributed by atoms with Crippen LogP contribution in [0.3, 0.4) is 0 Å². The predicted molar refractivity (Wildman–Crippen MR) is 68.4 cm³/mol. The second-order valence-corrected chi connectivity index (χ2v) is 4.92. The molecule has 1 aromatic carbocycles. The van der Waals surface area contributed by atoms with E-state index in [2.05, 4.69) is 0 Å². The minimum Gasteiger partial charge on any atom is -0.342 e. The minimum absolute atomic E-state index is 0.0183. The van der Waals surface area contributed by atoms with Gasteiger partial charge < -0.3 is 10.6 Å². The quantitative estimate of drug-likeness (QED) is 0.903. The van der Waals surface area contributed by atoms with Crippen LogP contribution in [0.25, 0.3) is 0 Å². The number of carbonyl (C=O) groups excluding carboxylic acids is 1. The second kappa shape index (κ2) is 6.10. The average molecular weight is 268 g/mol. The van der Waals surface area contributed by atoms with Crippen molar-refractivity contribution in [2.45, 2.75) is 19.3 Å². The van der Waals surface area contributed by atoms with E-state index in [1.54, 1.807) is 4.90 Å². The maximum atomic E-state index is 13.1. The summed E-state index contributed by atoms with van der Waals surface area (Å²) >= 11 is 0. The van der Waals surface area contributed by atoms with Crippen LogP contribution < -0.4 is 5.73 Å². The molecule has 0 saturated carbocycles. The second-order valence-electron chi connectivity index (χ2n) is 4.92. The molecule has 0 spiro atoms. The van der Waals surface area contributed by atoms with Gasteiger partial charge in [0.25, 0.3) is 0 Å². The lowest BCUT2D eigenvalue weighted by atomic mass is 9.98. The molecule has 1 amide bonds. The molecule has 1 fully saturated rings. The fourth-order valence-corrected chi connectivity index (χ4v) is 2.42. The van der Waals surface area contributed by atoms with Gasteiger partial charge in [0.1, 0.15) is 0 Å².